The molecule has 0 saturated heterocycles. The Labute approximate surface area is 319 Å². The van der Waals surface area contributed by atoms with E-state index in [1.165, 1.54) is 88.0 Å². The highest BCUT2D eigenvalue weighted by Crippen LogP contribution is 2.44. The quantitative estimate of drug-likeness (QED) is 0.163. The first-order chi connectivity index (χ1) is 27.2. The molecular weight excluding hydrogens is 665 g/mol. The summed E-state index contributed by atoms with van der Waals surface area (Å²) in [5.41, 5.74) is 14.0. The molecule has 0 N–H and O–H groups in total. The fourth-order valence-corrected chi connectivity index (χ4v) is 8.54. The van der Waals surface area contributed by atoms with E-state index in [0.29, 0.717) is 0 Å². The van der Waals surface area contributed by atoms with Crippen LogP contribution in [-0.2, 0) is 0 Å². The Balaban J connectivity index is 0.945. The maximum atomic E-state index is 6.06. The van der Waals surface area contributed by atoms with Crippen LogP contribution in [-0.4, -0.2) is 0 Å². The van der Waals surface area contributed by atoms with Crippen molar-refractivity contribution in [2.24, 2.45) is 0 Å². The molecule has 0 atom stereocenters. The summed E-state index contributed by atoms with van der Waals surface area (Å²) in [5.74, 6) is 0. The fraction of sp³-hybridized carbons (Fsp3) is 0. The Morgan fingerprint density at radius 1 is 0.218 bits per heavy atom. The topological polar surface area (TPSA) is 13.1 Å². The fourth-order valence-electron chi connectivity index (χ4n) is 8.54. The molecule has 55 heavy (non-hydrogen) atoms. The van der Waals surface area contributed by atoms with Crippen molar-refractivity contribution in [3.63, 3.8) is 0 Å². The van der Waals surface area contributed by atoms with Crippen molar-refractivity contribution in [3.05, 3.63) is 206 Å². The highest BCUT2D eigenvalue weighted by molar-refractivity contribution is 6.21. The summed E-state index contributed by atoms with van der Waals surface area (Å²) in [6.07, 6.45) is 0. The summed E-state index contributed by atoms with van der Waals surface area (Å²) in [6, 6.07) is 74.9. The van der Waals surface area contributed by atoms with Gasteiger partial charge in [0.05, 0.1) is 0 Å². The Bertz CT molecular complexity index is 3160. The first-order valence-corrected chi connectivity index (χ1v) is 18.9. The van der Waals surface area contributed by atoms with Crippen LogP contribution >= 0.6 is 0 Å². The van der Waals surface area contributed by atoms with E-state index in [1.807, 2.05) is 12.1 Å². The molecule has 11 aromatic rings. The van der Waals surface area contributed by atoms with Gasteiger partial charge in [0, 0.05) is 10.8 Å². The van der Waals surface area contributed by atoms with Crippen LogP contribution in [0.15, 0.2) is 211 Å². The third-order valence-electron chi connectivity index (χ3n) is 11.3. The summed E-state index contributed by atoms with van der Waals surface area (Å²) >= 11 is 0. The van der Waals surface area contributed by atoms with Gasteiger partial charge in [0.1, 0.15) is 11.2 Å². The predicted molar refractivity (Wildman–Crippen MR) is 233 cm³/mol. The zero-order valence-electron chi connectivity index (χ0n) is 30.0. The van der Waals surface area contributed by atoms with Gasteiger partial charge in [-0.05, 0) is 112 Å². The third-order valence-corrected chi connectivity index (χ3v) is 11.3. The van der Waals surface area contributed by atoms with Crippen molar-refractivity contribution >= 4 is 54.3 Å². The summed E-state index contributed by atoms with van der Waals surface area (Å²) in [5, 5.41) is 9.86. The molecule has 1 nitrogen and oxygen atoms in total. The first-order valence-electron chi connectivity index (χ1n) is 18.9. The zero-order chi connectivity index (χ0) is 36.3. The monoisotopic (exact) mass is 698 g/mol. The lowest BCUT2D eigenvalue weighted by atomic mass is 9.85. The number of rotatable bonds is 5. The van der Waals surface area contributed by atoms with Crippen molar-refractivity contribution in [2.75, 3.05) is 0 Å². The third kappa shape index (κ3) is 5.32. The molecule has 11 rings (SSSR count). The van der Waals surface area contributed by atoms with Crippen LogP contribution in [0.2, 0.25) is 0 Å². The molecule has 0 amide bonds. The molecule has 0 unspecified atom stereocenters. The Morgan fingerprint density at radius 2 is 0.582 bits per heavy atom. The second kappa shape index (κ2) is 12.7. The molecule has 256 valence electrons. The van der Waals surface area contributed by atoms with Gasteiger partial charge in [-0.15, -0.1) is 0 Å². The molecule has 0 spiro atoms. The number of fused-ring (bicyclic) bond motifs is 6. The molecule has 10 aromatic carbocycles. The number of benzene rings is 10. The van der Waals surface area contributed by atoms with E-state index in [1.54, 1.807) is 0 Å². The lowest BCUT2D eigenvalue weighted by molar-refractivity contribution is 0.669. The minimum atomic E-state index is 0.920. The van der Waals surface area contributed by atoms with Gasteiger partial charge in [-0.2, -0.15) is 0 Å². The van der Waals surface area contributed by atoms with Crippen molar-refractivity contribution in [2.45, 2.75) is 0 Å². The average molecular weight is 699 g/mol. The van der Waals surface area contributed by atoms with E-state index in [4.69, 9.17) is 4.42 Å². The van der Waals surface area contributed by atoms with Crippen molar-refractivity contribution in [1.29, 1.82) is 0 Å². The van der Waals surface area contributed by atoms with Crippen LogP contribution < -0.4 is 0 Å². The minimum absolute atomic E-state index is 0.920. The van der Waals surface area contributed by atoms with Crippen molar-refractivity contribution < 1.29 is 4.42 Å². The van der Waals surface area contributed by atoms with Gasteiger partial charge >= 0.3 is 0 Å². The van der Waals surface area contributed by atoms with Crippen molar-refractivity contribution in [3.8, 4) is 55.6 Å². The maximum Gasteiger partial charge on any atom is 0.135 e. The van der Waals surface area contributed by atoms with Crippen molar-refractivity contribution in [1.82, 2.24) is 0 Å². The van der Waals surface area contributed by atoms with Crippen LogP contribution in [0.25, 0.3) is 110 Å². The Kier molecular flexibility index (Phi) is 7.25. The number of furan rings is 1. The predicted octanol–water partition coefficient (Wildman–Crippen LogP) is 15.4. The Hall–Kier alpha value is -7.22. The van der Waals surface area contributed by atoms with Gasteiger partial charge < -0.3 is 4.42 Å². The van der Waals surface area contributed by atoms with E-state index in [9.17, 15) is 0 Å². The second-order valence-corrected chi connectivity index (χ2v) is 14.4. The smallest absolute Gasteiger partial charge is 0.135 e. The summed E-state index contributed by atoms with van der Waals surface area (Å²) < 4.78 is 6.06. The van der Waals surface area contributed by atoms with E-state index in [-0.39, 0.29) is 0 Å². The lowest BCUT2D eigenvalue weighted by Gasteiger charge is -2.18. The maximum absolute atomic E-state index is 6.06. The summed E-state index contributed by atoms with van der Waals surface area (Å²) in [7, 11) is 0. The van der Waals surface area contributed by atoms with E-state index < -0.39 is 0 Å². The summed E-state index contributed by atoms with van der Waals surface area (Å²) in [4.78, 5) is 0. The molecular formula is C54H34O. The van der Waals surface area contributed by atoms with Gasteiger partial charge in [-0.25, -0.2) is 0 Å². The van der Waals surface area contributed by atoms with Gasteiger partial charge in [-0.3, -0.25) is 0 Å². The molecule has 0 aliphatic rings. The van der Waals surface area contributed by atoms with E-state index in [0.717, 1.165) is 21.9 Å². The van der Waals surface area contributed by atoms with Crippen LogP contribution in [0, 0.1) is 0 Å². The van der Waals surface area contributed by atoms with E-state index in [2.05, 4.69) is 194 Å². The number of hydrogen-bond acceptors (Lipinski definition) is 1. The molecule has 1 heteroatoms. The van der Waals surface area contributed by atoms with Gasteiger partial charge in [0.25, 0.3) is 0 Å². The summed E-state index contributed by atoms with van der Waals surface area (Å²) in [6.45, 7) is 0. The number of para-hydroxylation sites is 1. The highest BCUT2D eigenvalue weighted by Gasteiger charge is 2.17. The molecule has 1 heterocycles. The van der Waals surface area contributed by atoms with Gasteiger partial charge in [0.15, 0.2) is 0 Å². The molecule has 0 radical (unpaired) electrons. The van der Waals surface area contributed by atoms with Crippen LogP contribution in [0.3, 0.4) is 0 Å². The minimum Gasteiger partial charge on any atom is -0.456 e. The molecule has 0 aliphatic carbocycles. The second-order valence-electron chi connectivity index (χ2n) is 14.4. The largest absolute Gasteiger partial charge is 0.456 e. The zero-order valence-corrected chi connectivity index (χ0v) is 30.0. The van der Waals surface area contributed by atoms with E-state index >= 15 is 0 Å². The normalized spacial score (nSPS) is 11.6. The Morgan fingerprint density at radius 3 is 1.13 bits per heavy atom. The van der Waals surface area contributed by atoms with Gasteiger partial charge in [-0.1, -0.05) is 182 Å². The average Bonchev–Trinajstić information content (AvgIpc) is 3.64. The molecule has 1 aromatic heterocycles. The lowest BCUT2D eigenvalue weighted by Crippen LogP contribution is -1.91. The molecule has 0 bridgehead atoms. The van der Waals surface area contributed by atoms with Gasteiger partial charge in [0.2, 0.25) is 0 Å². The van der Waals surface area contributed by atoms with Crippen LogP contribution in [0.5, 0.6) is 0 Å². The SMILES string of the molecule is c1ccc2cc(-c3ccc(-c4c5ccccc5c(-c5ccc(-c6ccc(-c7ccc8oc9ccccc9c8c7)cc6)cc5)c5ccccc45)cc3)ccc2c1. The molecule has 0 aliphatic heterocycles. The number of hydrogen-bond donors (Lipinski definition) is 0. The first kappa shape index (κ1) is 31.3. The highest BCUT2D eigenvalue weighted by atomic mass is 16.3. The standard InChI is InChI=1S/C54H34O/c1-2-10-42-33-43(30-25-35(42)9-1)38-23-28-41(29-24-38)54-48-14-5-3-12-46(48)53(47-13-4-6-15-49(47)54)40-26-21-37(22-27-40)36-17-19-39(20-18-36)44-31-32-52-50(34-44)45-11-7-8-16-51(45)55-52/h1-34H. The molecule has 0 fully saturated rings. The molecule has 0 saturated carbocycles. The van der Waals surface area contributed by atoms with Crippen LogP contribution in [0.1, 0.15) is 0 Å². The van der Waals surface area contributed by atoms with Crippen LogP contribution in [0.4, 0.5) is 0 Å².